The topological polar surface area (TPSA) is 285 Å². The second-order valence-corrected chi connectivity index (χ2v) is 10.3. The van der Waals surface area contributed by atoms with Crippen molar-refractivity contribution >= 4 is 35.5 Å². The van der Waals surface area contributed by atoms with Gasteiger partial charge in [-0.2, -0.15) is 20.8 Å². The number of nitriles is 2. The molecule has 2 unspecified atom stereocenters. The van der Waals surface area contributed by atoms with E-state index < -0.39 is 46.7 Å². The molecule has 0 aliphatic rings. The molecule has 0 saturated heterocycles. The zero-order valence-electron chi connectivity index (χ0n) is 25.7. The molecule has 246 valence electrons. The zero-order chi connectivity index (χ0) is 36.0. The Hall–Kier alpha value is -5.90. The van der Waals surface area contributed by atoms with Crippen LogP contribution >= 0.6 is 0 Å². The smallest absolute Gasteiger partial charge is 0.336 e. The summed E-state index contributed by atoms with van der Waals surface area (Å²) in [5, 5.41) is 68.6. The average molecular weight is 644 g/mol. The van der Waals surface area contributed by atoms with Crippen molar-refractivity contribution in [1.82, 2.24) is 0 Å². The third kappa shape index (κ3) is 13.2. The van der Waals surface area contributed by atoms with E-state index in [9.17, 15) is 28.4 Å². The van der Waals surface area contributed by atoms with E-state index in [1.807, 2.05) is 12.1 Å². The molecular weight excluding hydrogens is 609 g/mol. The van der Waals surface area contributed by atoms with Crippen LogP contribution in [0.1, 0.15) is 87.3 Å². The maximum Gasteiger partial charge on any atom is 0.336 e. The number of nitrogens with zero attached hydrogens (tertiary/aromatic N) is 4. The molecule has 0 amide bonds. The van der Waals surface area contributed by atoms with Gasteiger partial charge in [-0.25, -0.2) is 18.8 Å². The van der Waals surface area contributed by atoms with Crippen molar-refractivity contribution in [3.8, 4) is 12.1 Å². The van der Waals surface area contributed by atoms with E-state index in [1.165, 1.54) is 32.9 Å². The van der Waals surface area contributed by atoms with E-state index in [-0.39, 0.29) is 53.6 Å². The third-order valence-corrected chi connectivity index (χ3v) is 6.17. The highest BCUT2D eigenvalue weighted by atomic mass is 19.1. The summed E-state index contributed by atoms with van der Waals surface area (Å²) in [6, 6.07) is 8.70. The van der Waals surface area contributed by atoms with Crippen LogP contribution in [0.5, 0.6) is 0 Å². The minimum atomic E-state index is -1.35. The number of aliphatic carboxylic acids is 2. The Kier molecular flexibility index (Phi) is 15.2. The Bertz CT molecular complexity index is 1540. The molecule has 15 nitrogen and oxygen atoms in total. The van der Waals surface area contributed by atoms with Gasteiger partial charge >= 0.3 is 29.8 Å². The highest BCUT2D eigenvalue weighted by molar-refractivity contribution is 5.95. The van der Waals surface area contributed by atoms with Gasteiger partial charge in [0.25, 0.3) is 0 Å². The molecule has 2 rings (SSSR count). The van der Waals surface area contributed by atoms with Crippen LogP contribution in [-0.2, 0) is 9.59 Å². The molecule has 2 aromatic carbocycles. The summed E-state index contributed by atoms with van der Waals surface area (Å²) >= 11 is 0. The Morgan fingerprint density at radius 3 is 1.43 bits per heavy atom. The van der Waals surface area contributed by atoms with Gasteiger partial charge in [0, 0.05) is 18.5 Å². The molecule has 0 saturated carbocycles. The number of carboxylic acid groups (broad SMARTS) is 5. The summed E-state index contributed by atoms with van der Waals surface area (Å²) in [5.41, 5.74) is 3.85. The van der Waals surface area contributed by atoms with E-state index in [1.54, 1.807) is 19.9 Å². The maximum atomic E-state index is 13.3. The number of aromatic carboxylic acids is 3. The minimum absolute atomic E-state index is 0.0389. The Balaban J connectivity index is 0.000000683. The fraction of sp³-hybridized carbons (Fsp3) is 0.367. The van der Waals surface area contributed by atoms with Gasteiger partial charge in [-0.15, -0.1) is 0 Å². The molecule has 46 heavy (non-hydrogen) atoms. The number of carbonyl (C=O) groups is 5. The van der Waals surface area contributed by atoms with Crippen LogP contribution in [-0.4, -0.2) is 66.5 Å². The third-order valence-electron chi connectivity index (χ3n) is 6.17. The van der Waals surface area contributed by atoms with Crippen molar-refractivity contribution < 1.29 is 53.9 Å². The van der Waals surface area contributed by atoms with Gasteiger partial charge in [0.05, 0.1) is 28.8 Å². The van der Waals surface area contributed by atoms with E-state index in [0.717, 1.165) is 6.07 Å². The molecule has 16 heteroatoms. The maximum absolute atomic E-state index is 13.3. The minimum Gasteiger partial charge on any atom is -0.481 e. The lowest BCUT2D eigenvalue weighted by Gasteiger charge is -2.18. The molecule has 2 atom stereocenters. The molecular formula is C30H34FN5O10. The molecule has 0 spiro atoms. The van der Waals surface area contributed by atoms with Gasteiger partial charge in [-0.05, 0) is 82.3 Å². The second-order valence-electron chi connectivity index (χ2n) is 10.3. The van der Waals surface area contributed by atoms with E-state index in [2.05, 4.69) is 10.2 Å². The summed E-state index contributed by atoms with van der Waals surface area (Å²) in [6.45, 7) is 7.60. The lowest BCUT2D eigenvalue weighted by atomic mass is 9.97. The normalized spacial score (nSPS) is 12.8. The van der Waals surface area contributed by atoms with Crippen molar-refractivity contribution in [2.24, 2.45) is 10.2 Å². The lowest BCUT2D eigenvalue weighted by Crippen LogP contribution is -2.25. The van der Waals surface area contributed by atoms with Gasteiger partial charge < -0.3 is 31.3 Å². The number of hydrogen-bond acceptors (Lipinski definition) is 10. The van der Waals surface area contributed by atoms with Crippen molar-refractivity contribution in [2.75, 3.05) is 5.73 Å². The molecule has 0 heterocycles. The fourth-order valence-electron chi connectivity index (χ4n) is 3.57. The van der Waals surface area contributed by atoms with Crippen molar-refractivity contribution in [3.05, 3.63) is 63.5 Å². The lowest BCUT2D eigenvalue weighted by molar-refractivity contribution is -0.138. The fourth-order valence-corrected chi connectivity index (χ4v) is 3.57. The van der Waals surface area contributed by atoms with E-state index in [4.69, 9.17) is 41.8 Å². The molecule has 0 fully saturated rings. The van der Waals surface area contributed by atoms with Gasteiger partial charge in [-0.1, -0.05) is 6.07 Å². The number of aryl methyl sites for hydroxylation is 2. The summed E-state index contributed by atoms with van der Waals surface area (Å²) in [7, 11) is 0. The predicted octanol–water partition coefficient (Wildman–Crippen LogP) is 4.85. The first kappa shape index (κ1) is 40.1. The largest absolute Gasteiger partial charge is 0.481 e. The molecule has 0 aromatic heterocycles. The number of rotatable bonds is 11. The second kappa shape index (κ2) is 17.4. The number of nitrogen functional groups attached to an aromatic ring is 1. The Morgan fingerprint density at radius 2 is 1.13 bits per heavy atom. The van der Waals surface area contributed by atoms with Crippen LogP contribution in [0.25, 0.3) is 0 Å². The predicted molar refractivity (Wildman–Crippen MR) is 159 cm³/mol. The average Bonchev–Trinajstić information content (AvgIpc) is 2.97. The quantitative estimate of drug-likeness (QED) is 0.141. The van der Waals surface area contributed by atoms with Crippen molar-refractivity contribution in [1.29, 1.82) is 10.5 Å². The molecule has 0 aliphatic carbocycles. The van der Waals surface area contributed by atoms with Gasteiger partial charge in [0.2, 0.25) is 0 Å². The van der Waals surface area contributed by atoms with Crippen molar-refractivity contribution in [2.45, 2.75) is 71.4 Å². The first-order chi connectivity index (χ1) is 21.1. The number of anilines is 1. The highest BCUT2D eigenvalue weighted by Crippen LogP contribution is 2.23. The summed E-state index contributed by atoms with van der Waals surface area (Å²) in [4.78, 5) is 52.7. The summed E-state index contributed by atoms with van der Waals surface area (Å²) < 4.78 is 13.3. The van der Waals surface area contributed by atoms with E-state index >= 15 is 0 Å². The van der Waals surface area contributed by atoms with Crippen LogP contribution in [0.2, 0.25) is 0 Å². The summed E-state index contributed by atoms with van der Waals surface area (Å²) in [6.07, 6.45) is -0.575. The van der Waals surface area contributed by atoms with Crippen LogP contribution in [0.15, 0.2) is 34.5 Å². The van der Waals surface area contributed by atoms with Crippen LogP contribution in [0.3, 0.4) is 0 Å². The molecule has 2 aromatic rings. The first-order valence-corrected chi connectivity index (χ1v) is 13.2. The first-order valence-electron chi connectivity index (χ1n) is 13.2. The number of carboxylic acids is 5. The summed E-state index contributed by atoms with van der Waals surface area (Å²) in [5.74, 6) is -6.02. The van der Waals surface area contributed by atoms with Gasteiger partial charge in [0.15, 0.2) is 11.1 Å². The van der Waals surface area contributed by atoms with Gasteiger partial charge in [-0.3, -0.25) is 9.59 Å². The Morgan fingerprint density at radius 1 is 0.739 bits per heavy atom. The van der Waals surface area contributed by atoms with Crippen LogP contribution < -0.4 is 5.73 Å². The molecule has 0 bridgehead atoms. The monoisotopic (exact) mass is 643 g/mol. The molecule has 0 aliphatic heterocycles. The van der Waals surface area contributed by atoms with Crippen molar-refractivity contribution in [3.63, 3.8) is 0 Å². The molecule has 0 radical (unpaired) electrons. The number of nitrogens with two attached hydrogens (primary N) is 1. The zero-order valence-corrected chi connectivity index (χ0v) is 25.7. The number of benzene rings is 2. The standard InChI is InChI=1S/C12H16N4O4.C10H11FO2.C8H7NO4/c1-11(7-13,5-3-9(17)18)15-16-12(2,8-14)6-4-10(19)20;1-5-4-6(2)9(11)7(3)8(5)10(12)13;9-6-2-4(7(10)11)1-5(3-6)8(12)13/h3-6H2,1-2H3,(H,17,18)(H,19,20);4H,1-3H3,(H,12,13);1-3H,9H2,(H,10,11)(H,12,13). The van der Waals surface area contributed by atoms with Crippen LogP contribution in [0.4, 0.5) is 10.1 Å². The van der Waals surface area contributed by atoms with E-state index in [0.29, 0.717) is 11.1 Å². The number of hydrogen-bond donors (Lipinski definition) is 6. The van der Waals surface area contributed by atoms with Crippen LogP contribution in [0, 0.1) is 49.3 Å². The van der Waals surface area contributed by atoms with Gasteiger partial charge in [0.1, 0.15) is 5.82 Å². The molecule has 7 N–H and O–H groups in total. The number of azo groups is 1. The highest BCUT2D eigenvalue weighted by Gasteiger charge is 2.29. The SMILES string of the molecule is CC(C#N)(CCC(=O)O)N=NC(C)(C#N)CCC(=O)O.Cc1cc(C)c(C(=O)O)c(C)c1F.Nc1cc(C(=O)O)cc(C(=O)O)c1. The number of halogens is 1. The Labute approximate surface area is 263 Å².